The highest BCUT2D eigenvalue weighted by molar-refractivity contribution is 5.75. The molecule has 1 aromatic carbocycles. The van der Waals surface area contributed by atoms with Crippen molar-refractivity contribution in [2.45, 2.75) is 45.0 Å². The number of rotatable bonds is 5. The van der Waals surface area contributed by atoms with Crippen LogP contribution in [0.1, 0.15) is 43.5 Å². The van der Waals surface area contributed by atoms with Crippen molar-refractivity contribution in [3.05, 3.63) is 47.8 Å². The Kier molecular flexibility index (Phi) is 7.35. The number of benzene rings is 1. The molecule has 0 spiro atoms. The van der Waals surface area contributed by atoms with Crippen molar-refractivity contribution in [1.29, 1.82) is 0 Å². The van der Waals surface area contributed by atoms with Gasteiger partial charge < -0.3 is 19.3 Å². The Bertz CT molecular complexity index is 955. The number of morpholine rings is 1. The molecule has 2 amide bonds. The van der Waals surface area contributed by atoms with Gasteiger partial charge in [0.25, 0.3) is 0 Å². The Morgan fingerprint density at radius 2 is 1.82 bits per heavy atom. The van der Waals surface area contributed by atoms with Gasteiger partial charge in [-0.15, -0.1) is 13.2 Å². The lowest BCUT2D eigenvalue weighted by molar-refractivity contribution is -0.274. The zero-order valence-electron chi connectivity index (χ0n) is 19.5. The molecule has 2 aromatic rings. The van der Waals surface area contributed by atoms with Crippen LogP contribution in [-0.4, -0.2) is 71.4 Å². The SMILES string of the molecule is CC(C)Cc1ccn(C2CC(c3ccc(OC(F)(F)F)cc3)CN(C(=O)N3CCOCC3)C2)n1. The Hall–Kier alpha value is -2.75. The molecule has 2 atom stereocenters. The van der Waals surface area contributed by atoms with Gasteiger partial charge >= 0.3 is 12.4 Å². The van der Waals surface area contributed by atoms with Crippen LogP contribution in [0.4, 0.5) is 18.0 Å². The summed E-state index contributed by atoms with van der Waals surface area (Å²) in [7, 11) is 0. The summed E-state index contributed by atoms with van der Waals surface area (Å²) in [6.45, 7) is 7.45. The maximum Gasteiger partial charge on any atom is 0.573 e. The van der Waals surface area contributed by atoms with Crippen LogP contribution in [0, 0.1) is 5.92 Å². The van der Waals surface area contributed by atoms with Crippen LogP contribution in [-0.2, 0) is 11.2 Å². The third-order valence-electron chi connectivity index (χ3n) is 6.22. The summed E-state index contributed by atoms with van der Waals surface area (Å²) >= 11 is 0. The largest absolute Gasteiger partial charge is 0.573 e. The summed E-state index contributed by atoms with van der Waals surface area (Å²) in [5.74, 6) is 0.191. The minimum absolute atomic E-state index is 0.0317. The van der Waals surface area contributed by atoms with Crippen LogP contribution < -0.4 is 4.74 Å². The maximum atomic E-state index is 13.3. The number of nitrogens with zero attached hydrogens (tertiary/aromatic N) is 4. The van der Waals surface area contributed by atoms with Crippen LogP contribution >= 0.6 is 0 Å². The average Bonchev–Trinajstić information content (AvgIpc) is 3.26. The van der Waals surface area contributed by atoms with Crippen LogP contribution in [0.25, 0.3) is 0 Å². The molecule has 7 nitrogen and oxygen atoms in total. The smallest absolute Gasteiger partial charge is 0.406 e. The summed E-state index contributed by atoms with van der Waals surface area (Å²) in [6, 6.07) is 7.91. The molecular weight excluding hydrogens is 449 g/mol. The summed E-state index contributed by atoms with van der Waals surface area (Å²) in [5.41, 5.74) is 1.88. The van der Waals surface area contributed by atoms with E-state index in [0.29, 0.717) is 45.3 Å². The number of alkyl halides is 3. The van der Waals surface area contributed by atoms with E-state index < -0.39 is 6.36 Å². The number of aromatic nitrogens is 2. The minimum atomic E-state index is -4.73. The molecule has 0 aliphatic carbocycles. The van der Waals surface area contributed by atoms with E-state index >= 15 is 0 Å². The van der Waals surface area contributed by atoms with Crippen molar-refractivity contribution in [3.63, 3.8) is 0 Å². The number of hydrogen-bond donors (Lipinski definition) is 0. The van der Waals surface area contributed by atoms with Crippen LogP contribution in [0.2, 0.25) is 0 Å². The number of amides is 2. The number of carbonyl (C=O) groups is 1. The van der Waals surface area contributed by atoms with Gasteiger partial charge in [0, 0.05) is 38.3 Å². The van der Waals surface area contributed by atoms with Gasteiger partial charge in [0.2, 0.25) is 0 Å². The van der Waals surface area contributed by atoms with Gasteiger partial charge in [-0.3, -0.25) is 4.68 Å². The van der Waals surface area contributed by atoms with Gasteiger partial charge in [-0.2, -0.15) is 5.10 Å². The van der Waals surface area contributed by atoms with Crippen molar-refractivity contribution in [2.24, 2.45) is 5.92 Å². The zero-order valence-corrected chi connectivity index (χ0v) is 19.5. The highest BCUT2D eigenvalue weighted by atomic mass is 19.4. The van der Waals surface area contributed by atoms with Gasteiger partial charge in [-0.05, 0) is 42.5 Å². The molecule has 2 saturated heterocycles. The van der Waals surface area contributed by atoms with Gasteiger partial charge in [0.15, 0.2) is 0 Å². The number of likely N-dealkylation sites (tertiary alicyclic amines) is 1. The maximum absolute atomic E-state index is 13.3. The van der Waals surface area contributed by atoms with Crippen molar-refractivity contribution in [2.75, 3.05) is 39.4 Å². The lowest BCUT2D eigenvalue weighted by Crippen LogP contribution is -2.52. The molecule has 2 aliphatic rings. The predicted molar refractivity (Wildman–Crippen MR) is 120 cm³/mol. The van der Waals surface area contributed by atoms with Gasteiger partial charge in [-0.1, -0.05) is 26.0 Å². The molecule has 186 valence electrons. The van der Waals surface area contributed by atoms with Crippen molar-refractivity contribution in [1.82, 2.24) is 19.6 Å². The number of carbonyl (C=O) groups excluding carboxylic acids is 1. The second-order valence-electron chi connectivity index (χ2n) is 9.38. The molecule has 2 aliphatic heterocycles. The fourth-order valence-electron chi connectivity index (χ4n) is 4.67. The van der Waals surface area contributed by atoms with Crippen molar-refractivity contribution >= 4 is 6.03 Å². The van der Waals surface area contributed by atoms with E-state index in [4.69, 9.17) is 9.84 Å². The molecule has 0 saturated carbocycles. The van der Waals surface area contributed by atoms with Gasteiger partial charge in [0.1, 0.15) is 5.75 Å². The average molecular weight is 481 g/mol. The fourth-order valence-corrected chi connectivity index (χ4v) is 4.67. The molecule has 4 rings (SSSR count). The molecule has 2 fully saturated rings. The number of ether oxygens (including phenoxy) is 2. The highest BCUT2D eigenvalue weighted by Gasteiger charge is 2.35. The van der Waals surface area contributed by atoms with E-state index in [1.165, 1.54) is 12.1 Å². The first-order valence-corrected chi connectivity index (χ1v) is 11.7. The number of hydrogen-bond acceptors (Lipinski definition) is 4. The molecule has 2 unspecified atom stereocenters. The Morgan fingerprint density at radius 3 is 2.47 bits per heavy atom. The standard InChI is InChI=1S/C24H31F3N4O3/c1-17(2)13-20-7-8-31(28-20)21-14-19(18-3-5-22(6-4-18)34-24(25,26)27)15-30(16-21)23(32)29-9-11-33-12-10-29/h3-8,17,19,21H,9-16H2,1-2H3. The Labute approximate surface area is 197 Å². The summed E-state index contributed by atoms with van der Waals surface area (Å²) in [5, 5.41) is 4.76. The first-order valence-electron chi connectivity index (χ1n) is 11.7. The molecule has 1 aromatic heterocycles. The molecule has 0 bridgehead atoms. The molecular formula is C24H31F3N4O3. The van der Waals surface area contributed by atoms with Crippen LogP contribution in [0.5, 0.6) is 5.75 Å². The Balaban J connectivity index is 1.55. The third-order valence-corrected chi connectivity index (χ3v) is 6.22. The lowest BCUT2D eigenvalue weighted by Gasteiger charge is -2.41. The second kappa shape index (κ2) is 10.2. The van der Waals surface area contributed by atoms with E-state index in [2.05, 4.69) is 18.6 Å². The predicted octanol–water partition coefficient (Wildman–Crippen LogP) is 4.46. The second-order valence-corrected chi connectivity index (χ2v) is 9.38. The zero-order chi connectivity index (χ0) is 24.3. The minimum Gasteiger partial charge on any atom is -0.406 e. The summed E-state index contributed by atoms with van der Waals surface area (Å²) in [6.07, 6.45) is -1.16. The monoisotopic (exact) mass is 480 g/mol. The molecule has 10 heteroatoms. The van der Waals surface area contributed by atoms with E-state index in [0.717, 1.165) is 24.1 Å². The van der Waals surface area contributed by atoms with Crippen LogP contribution in [0.3, 0.4) is 0 Å². The first-order chi connectivity index (χ1) is 16.2. The molecule has 34 heavy (non-hydrogen) atoms. The Morgan fingerprint density at radius 1 is 1.12 bits per heavy atom. The van der Waals surface area contributed by atoms with E-state index in [1.54, 1.807) is 17.0 Å². The van der Waals surface area contributed by atoms with Crippen molar-refractivity contribution in [3.8, 4) is 5.75 Å². The van der Waals surface area contributed by atoms with E-state index in [9.17, 15) is 18.0 Å². The van der Waals surface area contributed by atoms with E-state index in [-0.39, 0.29) is 23.7 Å². The van der Waals surface area contributed by atoms with Gasteiger partial charge in [-0.25, -0.2) is 4.79 Å². The number of halogens is 3. The highest BCUT2D eigenvalue weighted by Crippen LogP contribution is 2.35. The molecule has 3 heterocycles. The number of urea groups is 1. The lowest BCUT2D eigenvalue weighted by atomic mass is 9.88. The third kappa shape index (κ3) is 6.22. The molecule has 0 N–H and O–H groups in total. The topological polar surface area (TPSA) is 59.8 Å². The quantitative estimate of drug-likeness (QED) is 0.634. The number of piperidine rings is 1. The first kappa shape index (κ1) is 24.4. The van der Waals surface area contributed by atoms with Gasteiger partial charge in [0.05, 0.1) is 24.9 Å². The summed E-state index contributed by atoms with van der Waals surface area (Å²) in [4.78, 5) is 16.9. The molecule has 0 radical (unpaired) electrons. The summed E-state index contributed by atoms with van der Waals surface area (Å²) < 4.78 is 49.0. The van der Waals surface area contributed by atoms with Crippen LogP contribution in [0.15, 0.2) is 36.5 Å². The normalized spacial score (nSPS) is 21.7. The fraction of sp³-hybridized carbons (Fsp3) is 0.583. The van der Waals surface area contributed by atoms with Crippen molar-refractivity contribution < 1.29 is 27.4 Å². The van der Waals surface area contributed by atoms with E-state index in [1.807, 2.05) is 21.8 Å².